The molecule has 0 aliphatic heterocycles. The fraction of sp³-hybridized carbons (Fsp3) is 0.235. The second kappa shape index (κ2) is 8.00. The maximum atomic E-state index is 12.1. The number of hydrogen-bond acceptors (Lipinski definition) is 6. The molecule has 0 unspecified atom stereocenters. The Labute approximate surface area is 146 Å². The van der Waals surface area contributed by atoms with Crippen LogP contribution in [0.4, 0.5) is 0 Å². The molecule has 0 bridgehead atoms. The first kappa shape index (κ1) is 17.2. The molecule has 3 aromatic rings. The van der Waals surface area contributed by atoms with Crippen LogP contribution in [-0.4, -0.2) is 29.4 Å². The summed E-state index contributed by atoms with van der Waals surface area (Å²) < 4.78 is 32.1. The van der Waals surface area contributed by atoms with E-state index in [1.165, 1.54) is 0 Å². The number of aromatic nitrogens is 3. The molecular formula is C17H18N4O3S. The van der Waals surface area contributed by atoms with Crippen molar-refractivity contribution in [1.29, 1.82) is 0 Å². The lowest BCUT2D eigenvalue weighted by molar-refractivity contribution is 0.494. The predicted molar refractivity (Wildman–Crippen MR) is 92.9 cm³/mol. The van der Waals surface area contributed by atoms with Crippen LogP contribution in [0.25, 0.3) is 11.5 Å². The van der Waals surface area contributed by atoms with Crippen molar-refractivity contribution >= 4 is 10.0 Å². The van der Waals surface area contributed by atoms with E-state index in [4.69, 9.17) is 4.42 Å². The van der Waals surface area contributed by atoms with Gasteiger partial charge < -0.3 is 4.42 Å². The van der Waals surface area contributed by atoms with Crippen molar-refractivity contribution in [3.63, 3.8) is 0 Å². The van der Waals surface area contributed by atoms with Crippen LogP contribution in [-0.2, 0) is 23.0 Å². The summed E-state index contributed by atoms with van der Waals surface area (Å²) in [5, 5.41) is 7.77. The Morgan fingerprint density at radius 2 is 1.76 bits per heavy atom. The summed E-state index contributed by atoms with van der Waals surface area (Å²) >= 11 is 0. The third kappa shape index (κ3) is 5.20. The first-order chi connectivity index (χ1) is 12.1. The van der Waals surface area contributed by atoms with Crippen molar-refractivity contribution in [3.05, 3.63) is 66.3 Å². The van der Waals surface area contributed by atoms with Crippen LogP contribution in [0, 0.1) is 0 Å². The molecule has 0 aliphatic carbocycles. The van der Waals surface area contributed by atoms with E-state index in [0.29, 0.717) is 18.7 Å². The first-order valence-electron chi connectivity index (χ1n) is 7.86. The monoisotopic (exact) mass is 358 g/mol. The molecular weight excluding hydrogens is 340 g/mol. The van der Waals surface area contributed by atoms with Gasteiger partial charge in [-0.05, 0) is 30.5 Å². The summed E-state index contributed by atoms with van der Waals surface area (Å²) in [6, 6.07) is 13.3. The lowest BCUT2D eigenvalue weighted by Crippen LogP contribution is -2.26. The van der Waals surface area contributed by atoms with Gasteiger partial charge in [0, 0.05) is 18.0 Å². The van der Waals surface area contributed by atoms with E-state index in [9.17, 15) is 8.42 Å². The van der Waals surface area contributed by atoms with Crippen molar-refractivity contribution in [2.45, 2.75) is 19.4 Å². The largest absolute Gasteiger partial charge is 0.419 e. The van der Waals surface area contributed by atoms with Crippen molar-refractivity contribution in [1.82, 2.24) is 19.9 Å². The highest BCUT2D eigenvalue weighted by molar-refractivity contribution is 7.89. The summed E-state index contributed by atoms with van der Waals surface area (Å²) in [5.74, 6) is 0.604. The highest BCUT2D eigenvalue weighted by atomic mass is 32.2. The Balaban J connectivity index is 1.50. The summed E-state index contributed by atoms with van der Waals surface area (Å²) in [7, 11) is -3.39. The minimum atomic E-state index is -3.39. The molecule has 0 atom stereocenters. The predicted octanol–water partition coefficient (Wildman–Crippen LogP) is 2.18. The van der Waals surface area contributed by atoms with Crippen LogP contribution < -0.4 is 4.72 Å². The first-order valence-corrected chi connectivity index (χ1v) is 9.52. The number of nitrogens with one attached hydrogen (secondary N) is 1. The Morgan fingerprint density at radius 1 is 1.00 bits per heavy atom. The Bertz CT molecular complexity index is 896. The van der Waals surface area contributed by atoms with Gasteiger partial charge in [-0.2, -0.15) is 0 Å². The molecule has 0 amide bonds. The van der Waals surface area contributed by atoms with Gasteiger partial charge in [-0.25, -0.2) is 13.1 Å². The molecule has 0 saturated heterocycles. The zero-order chi connectivity index (χ0) is 17.5. The molecule has 8 heteroatoms. The number of sulfonamides is 1. The SMILES string of the molecule is O=S(=O)(CCCc1ccccc1)NCc1nnc(-c2ccncc2)o1. The molecule has 0 spiro atoms. The Morgan fingerprint density at radius 3 is 2.52 bits per heavy atom. The molecule has 3 rings (SSSR count). The molecule has 1 aromatic carbocycles. The number of pyridine rings is 1. The average Bonchev–Trinajstić information content (AvgIpc) is 3.11. The summed E-state index contributed by atoms with van der Waals surface area (Å²) in [5.41, 5.74) is 1.86. The van der Waals surface area contributed by atoms with Gasteiger partial charge in [0.05, 0.1) is 12.3 Å². The van der Waals surface area contributed by atoms with Gasteiger partial charge in [0.1, 0.15) is 0 Å². The van der Waals surface area contributed by atoms with E-state index in [1.807, 2.05) is 30.3 Å². The van der Waals surface area contributed by atoms with Gasteiger partial charge in [-0.1, -0.05) is 30.3 Å². The third-order valence-corrected chi connectivity index (χ3v) is 4.97. The minimum Gasteiger partial charge on any atom is -0.419 e. The second-order valence-electron chi connectivity index (χ2n) is 5.47. The van der Waals surface area contributed by atoms with Crippen molar-refractivity contribution in [3.8, 4) is 11.5 Å². The molecule has 0 radical (unpaired) electrons. The quantitative estimate of drug-likeness (QED) is 0.663. The highest BCUT2D eigenvalue weighted by Gasteiger charge is 2.13. The van der Waals surface area contributed by atoms with E-state index in [-0.39, 0.29) is 18.2 Å². The fourth-order valence-electron chi connectivity index (χ4n) is 2.29. The molecule has 2 aromatic heterocycles. The number of nitrogens with zero attached hydrogens (tertiary/aromatic N) is 3. The smallest absolute Gasteiger partial charge is 0.247 e. The van der Waals surface area contributed by atoms with Crippen LogP contribution in [0.3, 0.4) is 0 Å². The Hall–Kier alpha value is -2.58. The zero-order valence-corrected chi connectivity index (χ0v) is 14.3. The van der Waals surface area contributed by atoms with Gasteiger partial charge in [-0.15, -0.1) is 10.2 Å². The summed E-state index contributed by atoms with van der Waals surface area (Å²) in [6.07, 6.45) is 4.50. The molecule has 0 saturated carbocycles. The summed E-state index contributed by atoms with van der Waals surface area (Å²) in [6.45, 7) is -0.0221. The van der Waals surface area contributed by atoms with E-state index < -0.39 is 10.0 Å². The van der Waals surface area contributed by atoms with Crippen molar-refractivity contribution < 1.29 is 12.8 Å². The van der Waals surface area contributed by atoms with Gasteiger partial charge in [0.2, 0.25) is 21.8 Å². The van der Waals surface area contributed by atoms with Crippen LogP contribution >= 0.6 is 0 Å². The molecule has 25 heavy (non-hydrogen) atoms. The lowest BCUT2D eigenvalue weighted by Gasteiger charge is -2.05. The number of benzene rings is 1. The minimum absolute atomic E-state index is 0.0221. The molecule has 0 aliphatic rings. The highest BCUT2D eigenvalue weighted by Crippen LogP contribution is 2.16. The van der Waals surface area contributed by atoms with Crippen molar-refractivity contribution in [2.24, 2.45) is 0 Å². The zero-order valence-electron chi connectivity index (χ0n) is 13.5. The van der Waals surface area contributed by atoms with Gasteiger partial charge in [-0.3, -0.25) is 4.98 Å². The molecule has 7 nitrogen and oxygen atoms in total. The van der Waals surface area contributed by atoms with Crippen LogP contribution in [0.5, 0.6) is 0 Å². The molecule has 0 fully saturated rings. The number of hydrogen-bond donors (Lipinski definition) is 1. The van der Waals surface area contributed by atoms with E-state index in [2.05, 4.69) is 19.9 Å². The lowest BCUT2D eigenvalue weighted by atomic mass is 10.1. The van der Waals surface area contributed by atoms with Gasteiger partial charge in [0.25, 0.3) is 0 Å². The topological polar surface area (TPSA) is 98.0 Å². The molecule has 2 heterocycles. The fourth-order valence-corrected chi connectivity index (χ4v) is 3.30. The van der Waals surface area contributed by atoms with Crippen LogP contribution in [0.15, 0.2) is 59.3 Å². The molecule has 130 valence electrons. The van der Waals surface area contributed by atoms with E-state index in [1.54, 1.807) is 24.5 Å². The molecule has 1 N–H and O–H groups in total. The second-order valence-corrected chi connectivity index (χ2v) is 7.39. The average molecular weight is 358 g/mol. The van der Waals surface area contributed by atoms with E-state index >= 15 is 0 Å². The number of rotatable bonds is 8. The Kier molecular flexibility index (Phi) is 5.52. The van der Waals surface area contributed by atoms with Crippen LogP contribution in [0.1, 0.15) is 17.9 Å². The van der Waals surface area contributed by atoms with Gasteiger partial charge >= 0.3 is 0 Å². The summed E-state index contributed by atoms with van der Waals surface area (Å²) in [4.78, 5) is 3.92. The van der Waals surface area contributed by atoms with E-state index in [0.717, 1.165) is 11.1 Å². The maximum Gasteiger partial charge on any atom is 0.247 e. The number of aryl methyl sites for hydroxylation is 1. The van der Waals surface area contributed by atoms with Crippen LogP contribution in [0.2, 0.25) is 0 Å². The standard InChI is InChI=1S/C17H18N4O3S/c22-25(23,12-4-7-14-5-2-1-3-6-14)19-13-16-20-21-17(24-16)15-8-10-18-11-9-15/h1-3,5-6,8-11,19H,4,7,12-13H2. The third-order valence-electron chi connectivity index (χ3n) is 3.56. The maximum absolute atomic E-state index is 12.1. The van der Waals surface area contributed by atoms with Gasteiger partial charge in [0.15, 0.2) is 0 Å². The van der Waals surface area contributed by atoms with Crippen molar-refractivity contribution in [2.75, 3.05) is 5.75 Å². The normalized spacial score (nSPS) is 11.5.